The monoisotopic (exact) mass is 365 g/mol. The smallest absolute Gasteiger partial charge is 0.153 e. The van der Waals surface area contributed by atoms with Gasteiger partial charge in [-0.3, -0.25) is 0 Å². The summed E-state index contributed by atoms with van der Waals surface area (Å²) in [6.45, 7) is 4.05. The van der Waals surface area contributed by atoms with Gasteiger partial charge in [0.25, 0.3) is 0 Å². The van der Waals surface area contributed by atoms with E-state index in [4.69, 9.17) is 0 Å². The van der Waals surface area contributed by atoms with Crippen molar-refractivity contribution in [2.45, 2.75) is 43.9 Å². The highest BCUT2D eigenvalue weighted by atomic mass is 79.9. The molecule has 1 aromatic rings. The van der Waals surface area contributed by atoms with Crippen LogP contribution in [0.2, 0.25) is 0 Å². The maximum absolute atomic E-state index is 11.7. The molecule has 1 N–H and O–H groups in total. The number of sulfone groups is 1. The van der Waals surface area contributed by atoms with Gasteiger partial charge < -0.3 is 5.32 Å². The van der Waals surface area contributed by atoms with Crippen LogP contribution in [0, 0.1) is 0 Å². The number of hydrogen-bond donors (Lipinski definition) is 1. The van der Waals surface area contributed by atoms with Crippen LogP contribution in [0.5, 0.6) is 0 Å². The molecule has 0 bridgehead atoms. The van der Waals surface area contributed by atoms with E-state index in [2.05, 4.69) is 27.3 Å². The molecule has 0 amide bonds. The lowest BCUT2D eigenvalue weighted by atomic mass is 9.94. The number of hydrogen-bond acceptors (Lipinski definition) is 4. The van der Waals surface area contributed by atoms with Gasteiger partial charge in [0, 0.05) is 23.7 Å². The lowest BCUT2D eigenvalue weighted by Crippen LogP contribution is -2.43. The molecule has 108 valence electrons. The summed E-state index contributed by atoms with van der Waals surface area (Å²) in [4.78, 5) is 1.42. The van der Waals surface area contributed by atoms with E-state index in [1.54, 1.807) is 25.2 Å². The fourth-order valence-corrected chi connectivity index (χ4v) is 4.40. The molecule has 0 saturated heterocycles. The van der Waals surface area contributed by atoms with Crippen molar-refractivity contribution in [1.29, 1.82) is 0 Å². The van der Waals surface area contributed by atoms with E-state index < -0.39 is 14.6 Å². The molecule has 1 aromatic heterocycles. The number of halogens is 1. The zero-order chi connectivity index (χ0) is 14.3. The van der Waals surface area contributed by atoms with Crippen molar-refractivity contribution >= 4 is 37.1 Å². The summed E-state index contributed by atoms with van der Waals surface area (Å²) in [6, 6.07) is 2.46. The van der Waals surface area contributed by atoms with Gasteiger partial charge in [-0.2, -0.15) is 0 Å². The summed E-state index contributed by atoms with van der Waals surface area (Å²) in [6.07, 6.45) is 4.69. The van der Waals surface area contributed by atoms with Crippen LogP contribution in [0.3, 0.4) is 0 Å². The van der Waals surface area contributed by atoms with Gasteiger partial charge in [0.2, 0.25) is 0 Å². The van der Waals surface area contributed by atoms with Crippen molar-refractivity contribution in [2.24, 2.45) is 0 Å². The molecular weight excluding hydrogens is 346 g/mol. The van der Waals surface area contributed by atoms with Crippen molar-refractivity contribution in [3.63, 3.8) is 0 Å². The van der Waals surface area contributed by atoms with Gasteiger partial charge in [0.15, 0.2) is 9.84 Å². The Morgan fingerprint density at radius 3 is 2.84 bits per heavy atom. The second-order valence-corrected chi connectivity index (χ2v) is 11.0. The Morgan fingerprint density at radius 2 is 2.21 bits per heavy atom. The molecule has 0 aromatic carbocycles. The van der Waals surface area contributed by atoms with Gasteiger partial charge in [-0.1, -0.05) is 0 Å². The van der Waals surface area contributed by atoms with Crippen LogP contribution >= 0.6 is 27.3 Å². The van der Waals surface area contributed by atoms with E-state index in [0.717, 1.165) is 23.0 Å². The van der Waals surface area contributed by atoms with Crippen molar-refractivity contribution in [3.8, 4) is 0 Å². The summed E-state index contributed by atoms with van der Waals surface area (Å²) < 4.78 is 23.9. The van der Waals surface area contributed by atoms with Crippen LogP contribution in [0.15, 0.2) is 9.85 Å². The topological polar surface area (TPSA) is 46.2 Å². The zero-order valence-corrected chi connectivity index (χ0v) is 14.7. The van der Waals surface area contributed by atoms with Crippen molar-refractivity contribution < 1.29 is 8.42 Å². The maximum Gasteiger partial charge on any atom is 0.153 e. The van der Waals surface area contributed by atoms with Gasteiger partial charge in [0.05, 0.1) is 8.53 Å². The van der Waals surface area contributed by atoms with E-state index in [-0.39, 0.29) is 6.04 Å². The second-order valence-electron chi connectivity index (χ2n) is 5.79. The maximum atomic E-state index is 11.7. The molecule has 1 aliphatic rings. The molecule has 0 saturated carbocycles. The Hall–Kier alpha value is 0.0900. The third-order valence-corrected chi connectivity index (χ3v) is 7.73. The van der Waals surface area contributed by atoms with Gasteiger partial charge in [0.1, 0.15) is 0 Å². The summed E-state index contributed by atoms with van der Waals surface area (Å²) in [5, 5.41) is 3.44. The first-order chi connectivity index (χ1) is 8.71. The number of rotatable bonds is 4. The first-order valence-electron chi connectivity index (χ1n) is 6.42. The average Bonchev–Trinajstić information content (AvgIpc) is 2.65. The molecule has 1 heterocycles. The predicted octanol–water partition coefficient (Wildman–Crippen LogP) is 3.30. The fraction of sp³-hybridized carbons (Fsp3) is 0.692. The SMILES string of the molecule is CC(C)(CNC1CCCc2sc(Br)cc21)S(C)(=O)=O. The number of fused-ring (bicyclic) bond motifs is 1. The lowest BCUT2D eigenvalue weighted by Gasteiger charge is -2.29. The molecule has 1 aliphatic carbocycles. The molecule has 3 nitrogen and oxygen atoms in total. The Bertz CT molecular complexity index is 563. The second kappa shape index (κ2) is 5.47. The third-order valence-electron chi connectivity index (χ3n) is 3.86. The van der Waals surface area contributed by atoms with Crippen LogP contribution in [-0.2, 0) is 16.3 Å². The Balaban J connectivity index is 2.10. The highest BCUT2D eigenvalue weighted by Crippen LogP contribution is 2.38. The minimum Gasteiger partial charge on any atom is -0.308 e. The van der Waals surface area contributed by atoms with Crippen LogP contribution in [-0.4, -0.2) is 26.0 Å². The largest absolute Gasteiger partial charge is 0.308 e. The van der Waals surface area contributed by atoms with Crippen molar-refractivity contribution in [1.82, 2.24) is 5.32 Å². The van der Waals surface area contributed by atoms with E-state index >= 15 is 0 Å². The zero-order valence-electron chi connectivity index (χ0n) is 11.5. The van der Waals surface area contributed by atoms with E-state index in [0.29, 0.717) is 6.54 Å². The normalized spacial score (nSPS) is 20.3. The molecule has 19 heavy (non-hydrogen) atoms. The quantitative estimate of drug-likeness (QED) is 0.890. The van der Waals surface area contributed by atoms with Gasteiger partial charge in [-0.15, -0.1) is 11.3 Å². The standard InChI is InChI=1S/C13H20BrNO2S2/c1-13(2,19(3,16)17)8-15-10-5-4-6-11-9(10)7-12(14)18-11/h7,10,15H,4-6,8H2,1-3H3. The van der Waals surface area contributed by atoms with Crippen LogP contribution in [0.4, 0.5) is 0 Å². The van der Waals surface area contributed by atoms with Gasteiger partial charge in [-0.25, -0.2) is 8.42 Å². The van der Waals surface area contributed by atoms with Crippen molar-refractivity contribution in [2.75, 3.05) is 12.8 Å². The molecule has 0 spiro atoms. The van der Waals surface area contributed by atoms with Crippen LogP contribution in [0.1, 0.15) is 43.2 Å². The van der Waals surface area contributed by atoms with Crippen LogP contribution in [0.25, 0.3) is 0 Å². The summed E-state index contributed by atoms with van der Waals surface area (Å²) in [5.41, 5.74) is 1.34. The summed E-state index contributed by atoms with van der Waals surface area (Å²) in [7, 11) is -3.04. The summed E-state index contributed by atoms with van der Waals surface area (Å²) in [5.74, 6) is 0. The number of aryl methyl sites for hydroxylation is 1. The molecule has 0 fully saturated rings. The predicted molar refractivity (Wildman–Crippen MR) is 84.6 cm³/mol. The molecule has 1 unspecified atom stereocenters. The Morgan fingerprint density at radius 1 is 1.53 bits per heavy atom. The number of nitrogens with one attached hydrogen (secondary N) is 1. The third kappa shape index (κ3) is 3.40. The average molecular weight is 366 g/mol. The Labute approximate surface area is 127 Å². The molecule has 0 radical (unpaired) electrons. The van der Waals surface area contributed by atoms with Gasteiger partial charge >= 0.3 is 0 Å². The fourth-order valence-electron chi connectivity index (χ4n) is 2.23. The Kier molecular flexibility index (Phi) is 4.45. The minimum atomic E-state index is -3.04. The first-order valence-corrected chi connectivity index (χ1v) is 9.92. The van der Waals surface area contributed by atoms with E-state index in [9.17, 15) is 8.42 Å². The first kappa shape index (κ1) is 15.5. The molecular formula is C13H20BrNO2S2. The van der Waals surface area contributed by atoms with Gasteiger partial charge in [-0.05, 0) is 60.7 Å². The molecule has 1 atom stereocenters. The highest BCUT2D eigenvalue weighted by molar-refractivity contribution is 9.11. The number of thiophene rings is 1. The van der Waals surface area contributed by atoms with E-state index in [1.807, 2.05) is 0 Å². The van der Waals surface area contributed by atoms with Crippen LogP contribution < -0.4 is 5.32 Å². The molecule has 2 rings (SSSR count). The van der Waals surface area contributed by atoms with E-state index in [1.165, 1.54) is 16.7 Å². The summed E-state index contributed by atoms with van der Waals surface area (Å²) >= 11 is 5.33. The molecule has 0 aliphatic heterocycles. The highest BCUT2D eigenvalue weighted by Gasteiger charge is 2.32. The molecule has 6 heteroatoms. The minimum absolute atomic E-state index is 0.285. The lowest BCUT2D eigenvalue weighted by molar-refractivity contribution is 0.432. The van der Waals surface area contributed by atoms with Crippen molar-refractivity contribution in [3.05, 3.63) is 20.3 Å².